The summed E-state index contributed by atoms with van der Waals surface area (Å²) in [5.41, 5.74) is -0.532. The number of ether oxygens (including phenoxy) is 2. The first-order valence-corrected chi connectivity index (χ1v) is 5.40. The highest BCUT2D eigenvalue weighted by Gasteiger charge is 2.30. The predicted octanol–water partition coefficient (Wildman–Crippen LogP) is 2.53. The smallest absolute Gasteiger partial charge is 0.416 e. The van der Waals surface area contributed by atoms with Crippen LogP contribution in [0.2, 0.25) is 0 Å². The van der Waals surface area contributed by atoms with Gasteiger partial charge in [0.2, 0.25) is 5.76 Å². The van der Waals surface area contributed by atoms with Gasteiger partial charge in [0.1, 0.15) is 19.5 Å². The van der Waals surface area contributed by atoms with E-state index in [-0.39, 0.29) is 18.1 Å². The molecule has 0 spiro atoms. The Bertz CT molecular complexity index is 494. The zero-order valence-corrected chi connectivity index (χ0v) is 9.66. The Hall–Kier alpha value is -2.18. The average molecular weight is 273 g/mol. The van der Waals surface area contributed by atoms with Crippen molar-refractivity contribution < 1.29 is 27.4 Å². The summed E-state index contributed by atoms with van der Waals surface area (Å²) >= 11 is 0. The standard InChI is InChI=1S/C12H10F3NO3/c13-12(14,15)8-1-3-9(4-2-8)16-11(17)10-7-18-5-6-19-10/h1-4,7H,5-6H2,(H,16,17). The Kier molecular flexibility index (Phi) is 3.64. The molecule has 1 amide bonds. The summed E-state index contributed by atoms with van der Waals surface area (Å²) in [7, 11) is 0. The number of benzene rings is 1. The van der Waals surface area contributed by atoms with E-state index in [2.05, 4.69) is 5.32 Å². The molecule has 0 aliphatic carbocycles. The maximum atomic E-state index is 12.3. The first-order valence-electron chi connectivity index (χ1n) is 5.40. The zero-order chi connectivity index (χ0) is 13.9. The predicted molar refractivity (Wildman–Crippen MR) is 60.1 cm³/mol. The number of carbonyl (C=O) groups is 1. The molecule has 1 heterocycles. The Labute approximate surface area is 106 Å². The number of nitrogens with one attached hydrogen (secondary N) is 1. The van der Waals surface area contributed by atoms with Gasteiger partial charge in [-0.25, -0.2) is 0 Å². The van der Waals surface area contributed by atoms with Crippen LogP contribution in [0, 0.1) is 0 Å². The molecule has 0 bridgehead atoms. The van der Waals surface area contributed by atoms with Gasteiger partial charge in [0.05, 0.1) is 5.56 Å². The molecule has 19 heavy (non-hydrogen) atoms. The molecule has 7 heteroatoms. The van der Waals surface area contributed by atoms with Crippen LogP contribution in [0.1, 0.15) is 5.56 Å². The van der Waals surface area contributed by atoms with Crippen molar-refractivity contribution in [2.45, 2.75) is 6.18 Å². The second-order valence-electron chi connectivity index (χ2n) is 3.73. The van der Waals surface area contributed by atoms with Crippen LogP contribution < -0.4 is 5.32 Å². The van der Waals surface area contributed by atoms with E-state index in [4.69, 9.17) is 9.47 Å². The largest absolute Gasteiger partial charge is 0.494 e. The molecule has 4 nitrogen and oxygen atoms in total. The van der Waals surface area contributed by atoms with E-state index < -0.39 is 17.6 Å². The summed E-state index contributed by atoms with van der Waals surface area (Å²) in [4.78, 5) is 11.6. The lowest BCUT2D eigenvalue weighted by Gasteiger charge is -2.15. The van der Waals surface area contributed by atoms with Gasteiger partial charge < -0.3 is 14.8 Å². The van der Waals surface area contributed by atoms with E-state index in [1.807, 2.05) is 0 Å². The number of amides is 1. The fourth-order valence-corrected chi connectivity index (χ4v) is 1.42. The molecule has 102 valence electrons. The second-order valence-corrected chi connectivity index (χ2v) is 3.73. The highest BCUT2D eigenvalue weighted by molar-refractivity contribution is 6.02. The number of carbonyl (C=O) groups excluding carboxylic acids is 1. The number of rotatable bonds is 2. The van der Waals surface area contributed by atoms with Crippen LogP contribution in [0.3, 0.4) is 0 Å². The summed E-state index contributed by atoms with van der Waals surface area (Å²) in [6, 6.07) is 4.13. The van der Waals surface area contributed by atoms with Gasteiger partial charge in [0.25, 0.3) is 5.91 Å². The average Bonchev–Trinajstić information content (AvgIpc) is 2.39. The quantitative estimate of drug-likeness (QED) is 0.900. The van der Waals surface area contributed by atoms with Crippen molar-refractivity contribution in [1.82, 2.24) is 0 Å². The molecule has 1 aromatic carbocycles. The minimum Gasteiger partial charge on any atom is -0.494 e. The lowest BCUT2D eigenvalue weighted by molar-refractivity contribution is -0.137. The normalized spacial score (nSPS) is 15.0. The van der Waals surface area contributed by atoms with Crippen LogP contribution in [-0.2, 0) is 20.4 Å². The fraction of sp³-hybridized carbons (Fsp3) is 0.250. The van der Waals surface area contributed by atoms with E-state index in [9.17, 15) is 18.0 Å². The third kappa shape index (κ3) is 3.40. The third-order valence-electron chi connectivity index (χ3n) is 2.34. The van der Waals surface area contributed by atoms with Gasteiger partial charge in [-0.15, -0.1) is 0 Å². The lowest BCUT2D eigenvalue weighted by atomic mass is 10.2. The first kappa shape index (κ1) is 13.3. The molecule has 1 aliphatic heterocycles. The molecule has 1 N–H and O–H groups in total. The molecule has 0 saturated heterocycles. The van der Waals surface area contributed by atoms with Crippen molar-refractivity contribution in [3.05, 3.63) is 41.9 Å². The molecular weight excluding hydrogens is 263 g/mol. The van der Waals surface area contributed by atoms with Crippen LogP contribution in [0.15, 0.2) is 36.3 Å². The summed E-state index contributed by atoms with van der Waals surface area (Å²) in [6.45, 7) is 0.614. The molecule has 0 radical (unpaired) electrons. The van der Waals surface area contributed by atoms with E-state index in [0.717, 1.165) is 12.1 Å². The van der Waals surface area contributed by atoms with Gasteiger partial charge in [-0.05, 0) is 24.3 Å². The molecule has 0 unspecified atom stereocenters. The van der Waals surface area contributed by atoms with Crippen molar-refractivity contribution in [3.8, 4) is 0 Å². The molecule has 0 aromatic heterocycles. The van der Waals surface area contributed by atoms with Crippen LogP contribution in [0.4, 0.5) is 18.9 Å². The molecule has 1 aliphatic rings. The van der Waals surface area contributed by atoms with Crippen molar-refractivity contribution in [3.63, 3.8) is 0 Å². The van der Waals surface area contributed by atoms with Crippen LogP contribution in [0.5, 0.6) is 0 Å². The molecule has 0 fully saturated rings. The van der Waals surface area contributed by atoms with E-state index in [1.54, 1.807) is 0 Å². The summed E-state index contributed by atoms with van der Waals surface area (Å²) in [5, 5.41) is 2.41. The Balaban J connectivity index is 2.03. The first-order chi connectivity index (χ1) is 8.97. The van der Waals surface area contributed by atoms with E-state index in [1.165, 1.54) is 18.4 Å². The van der Waals surface area contributed by atoms with Crippen molar-refractivity contribution in [2.75, 3.05) is 18.5 Å². The van der Waals surface area contributed by atoms with Crippen molar-refractivity contribution in [2.24, 2.45) is 0 Å². The monoisotopic (exact) mass is 273 g/mol. The van der Waals surface area contributed by atoms with Crippen molar-refractivity contribution in [1.29, 1.82) is 0 Å². The van der Waals surface area contributed by atoms with Gasteiger partial charge in [-0.3, -0.25) is 4.79 Å². The van der Waals surface area contributed by atoms with Gasteiger partial charge in [-0.1, -0.05) is 0 Å². The highest BCUT2D eigenvalue weighted by Crippen LogP contribution is 2.29. The van der Waals surface area contributed by atoms with E-state index >= 15 is 0 Å². The highest BCUT2D eigenvalue weighted by atomic mass is 19.4. The minimum atomic E-state index is -4.40. The molecule has 0 saturated carbocycles. The van der Waals surface area contributed by atoms with Crippen LogP contribution >= 0.6 is 0 Å². The van der Waals surface area contributed by atoms with Gasteiger partial charge in [0.15, 0.2) is 0 Å². The fourth-order valence-electron chi connectivity index (χ4n) is 1.42. The molecule has 0 atom stereocenters. The lowest BCUT2D eigenvalue weighted by Crippen LogP contribution is -2.21. The maximum Gasteiger partial charge on any atom is 0.416 e. The summed E-state index contributed by atoms with van der Waals surface area (Å²) < 4.78 is 47.0. The van der Waals surface area contributed by atoms with Gasteiger partial charge in [0, 0.05) is 5.69 Å². The summed E-state index contributed by atoms with van der Waals surface area (Å²) in [5.74, 6) is -0.578. The second kappa shape index (κ2) is 5.21. The third-order valence-corrected chi connectivity index (χ3v) is 2.34. The topological polar surface area (TPSA) is 47.6 Å². The van der Waals surface area contributed by atoms with Gasteiger partial charge >= 0.3 is 6.18 Å². The molecule has 1 aromatic rings. The number of hydrogen-bond donors (Lipinski definition) is 1. The van der Waals surface area contributed by atoms with Crippen molar-refractivity contribution >= 4 is 11.6 Å². The summed E-state index contributed by atoms with van der Waals surface area (Å²) in [6.07, 6.45) is -3.23. The van der Waals surface area contributed by atoms with Gasteiger partial charge in [-0.2, -0.15) is 13.2 Å². The number of hydrogen-bond acceptors (Lipinski definition) is 3. The number of halogens is 3. The maximum absolute atomic E-state index is 12.3. The Morgan fingerprint density at radius 1 is 1.16 bits per heavy atom. The molecular formula is C12H10F3NO3. The van der Waals surface area contributed by atoms with E-state index in [0.29, 0.717) is 6.61 Å². The molecule has 2 rings (SSSR count). The minimum absolute atomic E-state index is 0.00820. The SMILES string of the molecule is O=C(Nc1ccc(C(F)(F)F)cc1)C1=COCCO1. The van der Waals surface area contributed by atoms with Crippen LogP contribution in [0.25, 0.3) is 0 Å². The Morgan fingerprint density at radius 2 is 1.84 bits per heavy atom. The van der Waals surface area contributed by atoms with Crippen LogP contribution in [-0.4, -0.2) is 19.1 Å². The zero-order valence-electron chi connectivity index (χ0n) is 9.66. The number of alkyl halides is 3. The Morgan fingerprint density at radius 3 is 2.37 bits per heavy atom. The number of anilines is 1.